The summed E-state index contributed by atoms with van der Waals surface area (Å²) >= 11 is 0. The summed E-state index contributed by atoms with van der Waals surface area (Å²) in [6, 6.07) is 7.49. The van der Waals surface area contributed by atoms with Crippen LogP contribution in [0.15, 0.2) is 36.5 Å². The Bertz CT molecular complexity index is 599. The van der Waals surface area contributed by atoms with Gasteiger partial charge in [0.25, 0.3) is 5.91 Å². The lowest BCUT2D eigenvalue weighted by Crippen LogP contribution is -2.15. The van der Waals surface area contributed by atoms with Gasteiger partial charge in [-0.2, -0.15) is 0 Å². The maximum Gasteiger partial charge on any atom is 0.274 e. The van der Waals surface area contributed by atoms with Gasteiger partial charge >= 0.3 is 0 Å². The molecule has 0 saturated heterocycles. The van der Waals surface area contributed by atoms with Crippen LogP contribution in [-0.4, -0.2) is 10.9 Å². The minimum absolute atomic E-state index is 0.129. The molecule has 0 saturated carbocycles. The van der Waals surface area contributed by atoms with Crippen LogP contribution in [0.4, 0.5) is 15.8 Å². The number of nitrogens with two attached hydrogens (primary N) is 1. The molecule has 0 aliphatic heterocycles. The third kappa shape index (κ3) is 2.63. The van der Waals surface area contributed by atoms with E-state index in [4.69, 9.17) is 5.73 Å². The van der Waals surface area contributed by atoms with Crippen molar-refractivity contribution < 1.29 is 9.18 Å². The number of halogens is 1. The largest absolute Gasteiger partial charge is 0.399 e. The maximum absolute atomic E-state index is 13.5. The molecule has 0 aliphatic rings. The van der Waals surface area contributed by atoms with E-state index in [1.807, 2.05) is 6.92 Å². The van der Waals surface area contributed by atoms with E-state index in [0.29, 0.717) is 5.69 Å². The number of hydrogen-bond acceptors (Lipinski definition) is 3. The molecule has 2 aromatic rings. The highest BCUT2D eigenvalue weighted by atomic mass is 19.1. The van der Waals surface area contributed by atoms with Gasteiger partial charge in [0.1, 0.15) is 11.5 Å². The first-order chi connectivity index (χ1) is 8.56. The fourth-order valence-electron chi connectivity index (χ4n) is 1.49. The fourth-order valence-corrected chi connectivity index (χ4v) is 1.49. The molecule has 0 bridgehead atoms. The number of rotatable bonds is 2. The molecule has 1 amide bonds. The number of hydrogen-bond donors (Lipinski definition) is 2. The molecule has 3 N–H and O–H groups in total. The first kappa shape index (κ1) is 12.0. The van der Waals surface area contributed by atoms with Crippen LogP contribution in [0.25, 0.3) is 0 Å². The van der Waals surface area contributed by atoms with Crippen molar-refractivity contribution in [1.82, 2.24) is 4.98 Å². The molecule has 2 rings (SSSR count). The molecule has 0 aliphatic carbocycles. The normalized spacial score (nSPS) is 10.1. The minimum Gasteiger partial charge on any atom is -0.399 e. The molecular formula is C13H12FN3O. The quantitative estimate of drug-likeness (QED) is 0.853. The molecule has 92 valence electrons. The number of anilines is 2. The molecule has 1 heterocycles. The van der Waals surface area contributed by atoms with Crippen LogP contribution in [0, 0.1) is 12.7 Å². The lowest BCUT2D eigenvalue weighted by atomic mass is 10.2. The van der Waals surface area contributed by atoms with E-state index in [-0.39, 0.29) is 11.4 Å². The van der Waals surface area contributed by atoms with Gasteiger partial charge in [-0.05, 0) is 36.8 Å². The van der Waals surface area contributed by atoms with E-state index in [1.165, 1.54) is 18.3 Å². The molecule has 1 aromatic carbocycles. The summed E-state index contributed by atoms with van der Waals surface area (Å²) < 4.78 is 13.5. The van der Waals surface area contributed by atoms with Crippen LogP contribution in [0.5, 0.6) is 0 Å². The summed E-state index contributed by atoms with van der Waals surface area (Å²) in [5, 5.41) is 2.46. The highest BCUT2D eigenvalue weighted by Gasteiger charge is 2.10. The molecule has 18 heavy (non-hydrogen) atoms. The van der Waals surface area contributed by atoms with E-state index >= 15 is 0 Å². The Kier molecular flexibility index (Phi) is 3.23. The Balaban J connectivity index is 2.24. The standard InChI is InChI=1S/C13H12FN3O/c1-8-2-3-10(14)11(6-8)17-13(18)12-7-9(15)4-5-16-12/h2-7H,1H3,(H2,15,16)(H,17,18). The molecule has 1 aromatic heterocycles. The Morgan fingerprint density at radius 1 is 1.33 bits per heavy atom. The van der Waals surface area contributed by atoms with E-state index in [1.54, 1.807) is 18.2 Å². The number of amides is 1. The summed E-state index contributed by atoms with van der Waals surface area (Å²) in [6.07, 6.45) is 1.43. The van der Waals surface area contributed by atoms with Gasteiger partial charge < -0.3 is 11.1 Å². The number of nitrogens with zero attached hydrogens (tertiary/aromatic N) is 1. The number of pyridine rings is 1. The number of carbonyl (C=O) groups is 1. The first-order valence-electron chi connectivity index (χ1n) is 5.35. The number of nitrogens with one attached hydrogen (secondary N) is 1. The van der Waals surface area contributed by atoms with Crippen molar-refractivity contribution in [2.75, 3.05) is 11.1 Å². The van der Waals surface area contributed by atoms with Crippen molar-refractivity contribution in [2.45, 2.75) is 6.92 Å². The van der Waals surface area contributed by atoms with Crippen molar-refractivity contribution in [3.63, 3.8) is 0 Å². The Morgan fingerprint density at radius 2 is 2.11 bits per heavy atom. The van der Waals surface area contributed by atoms with Crippen molar-refractivity contribution >= 4 is 17.3 Å². The molecule has 0 spiro atoms. The maximum atomic E-state index is 13.5. The lowest BCUT2D eigenvalue weighted by Gasteiger charge is -2.07. The molecule has 0 unspecified atom stereocenters. The van der Waals surface area contributed by atoms with Crippen LogP contribution in [-0.2, 0) is 0 Å². The second kappa shape index (κ2) is 4.83. The van der Waals surface area contributed by atoms with E-state index in [2.05, 4.69) is 10.3 Å². The number of nitrogen functional groups attached to an aromatic ring is 1. The zero-order chi connectivity index (χ0) is 13.1. The third-order valence-corrected chi connectivity index (χ3v) is 2.39. The summed E-state index contributed by atoms with van der Waals surface area (Å²) in [5.41, 5.74) is 7.11. The Hall–Kier alpha value is -2.43. The zero-order valence-electron chi connectivity index (χ0n) is 9.77. The van der Waals surface area contributed by atoms with Gasteiger partial charge in [0.2, 0.25) is 0 Å². The molecule has 0 radical (unpaired) electrons. The van der Waals surface area contributed by atoms with Gasteiger partial charge in [0, 0.05) is 11.9 Å². The fraction of sp³-hybridized carbons (Fsp3) is 0.0769. The molecule has 0 fully saturated rings. The van der Waals surface area contributed by atoms with Gasteiger partial charge in [0.05, 0.1) is 5.69 Å². The van der Waals surface area contributed by atoms with Crippen LogP contribution < -0.4 is 11.1 Å². The predicted molar refractivity (Wildman–Crippen MR) is 67.7 cm³/mol. The first-order valence-corrected chi connectivity index (χ1v) is 5.35. The number of aromatic nitrogens is 1. The number of aryl methyl sites for hydroxylation is 1. The Morgan fingerprint density at radius 3 is 2.83 bits per heavy atom. The topological polar surface area (TPSA) is 68.0 Å². The van der Waals surface area contributed by atoms with Crippen molar-refractivity contribution in [2.24, 2.45) is 0 Å². The second-order valence-electron chi connectivity index (χ2n) is 3.91. The van der Waals surface area contributed by atoms with E-state index in [9.17, 15) is 9.18 Å². The smallest absolute Gasteiger partial charge is 0.274 e. The minimum atomic E-state index is -0.494. The van der Waals surface area contributed by atoms with Crippen LogP contribution in [0.3, 0.4) is 0 Å². The summed E-state index contributed by atoms with van der Waals surface area (Å²) in [5.74, 6) is -0.982. The summed E-state index contributed by atoms with van der Waals surface area (Å²) in [4.78, 5) is 15.7. The van der Waals surface area contributed by atoms with Crippen molar-refractivity contribution in [3.05, 3.63) is 53.6 Å². The number of carbonyl (C=O) groups excluding carboxylic acids is 1. The predicted octanol–water partition coefficient (Wildman–Crippen LogP) is 2.36. The third-order valence-electron chi connectivity index (χ3n) is 2.39. The van der Waals surface area contributed by atoms with Crippen LogP contribution in [0.1, 0.15) is 16.1 Å². The lowest BCUT2D eigenvalue weighted by molar-refractivity contribution is 0.102. The van der Waals surface area contributed by atoms with Crippen molar-refractivity contribution in [3.8, 4) is 0 Å². The van der Waals surface area contributed by atoms with Gasteiger partial charge in [-0.25, -0.2) is 4.39 Å². The van der Waals surface area contributed by atoms with Crippen LogP contribution >= 0.6 is 0 Å². The second-order valence-corrected chi connectivity index (χ2v) is 3.91. The molecule has 0 atom stereocenters. The van der Waals surface area contributed by atoms with Gasteiger partial charge in [-0.3, -0.25) is 9.78 Å². The average molecular weight is 245 g/mol. The van der Waals surface area contributed by atoms with Gasteiger partial charge in [-0.15, -0.1) is 0 Å². The zero-order valence-corrected chi connectivity index (χ0v) is 9.77. The van der Waals surface area contributed by atoms with E-state index in [0.717, 1.165) is 5.56 Å². The highest BCUT2D eigenvalue weighted by Crippen LogP contribution is 2.16. The highest BCUT2D eigenvalue weighted by molar-refractivity contribution is 6.03. The van der Waals surface area contributed by atoms with Crippen molar-refractivity contribution in [1.29, 1.82) is 0 Å². The number of benzene rings is 1. The SMILES string of the molecule is Cc1ccc(F)c(NC(=O)c2cc(N)ccn2)c1. The van der Waals surface area contributed by atoms with E-state index < -0.39 is 11.7 Å². The van der Waals surface area contributed by atoms with Gasteiger partial charge in [0.15, 0.2) is 0 Å². The molecule has 4 nitrogen and oxygen atoms in total. The van der Waals surface area contributed by atoms with Gasteiger partial charge in [-0.1, -0.05) is 6.07 Å². The summed E-state index contributed by atoms with van der Waals surface area (Å²) in [6.45, 7) is 1.81. The average Bonchev–Trinajstić information content (AvgIpc) is 2.34. The monoisotopic (exact) mass is 245 g/mol. The Labute approximate surface area is 104 Å². The molecule has 5 heteroatoms. The van der Waals surface area contributed by atoms with Crippen LogP contribution in [0.2, 0.25) is 0 Å². The molecular weight excluding hydrogens is 233 g/mol. The summed E-state index contributed by atoms with van der Waals surface area (Å²) in [7, 11) is 0.